The van der Waals surface area contributed by atoms with Crippen LogP contribution in [-0.4, -0.2) is 33.8 Å². The second-order valence-electron chi connectivity index (χ2n) is 5.76. The minimum atomic E-state index is -1.77. The van der Waals surface area contributed by atoms with E-state index in [0.29, 0.717) is 6.54 Å². The third-order valence-corrected chi connectivity index (χ3v) is 4.65. The molecule has 0 spiro atoms. The van der Waals surface area contributed by atoms with E-state index in [1.807, 2.05) is 0 Å². The quantitative estimate of drug-likeness (QED) is 0.714. The molecule has 1 fully saturated rings. The fourth-order valence-electron chi connectivity index (χ4n) is 3.72. The van der Waals surface area contributed by atoms with Crippen molar-refractivity contribution >= 4 is 11.7 Å². The molecule has 1 saturated heterocycles. The van der Waals surface area contributed by atoms with E-state index in [-0.39, 0.29) is 18.2 Å². The normalized spacial score (nSPS) is 35.6. The number of carbonyl (C=O) groups excluding carboxylic acids is 2. The Morgan fingerprint density at radius 2 is 2.11 bits per heavy atom. The molecule has 2 atom stereocenters. The van der Waals surface area contributed by atoms with Gasteiger partial charge in [0.1, 0.15) is 0 Å². The van der Waals surface area contributed by atoms with Gasteiger partial charge in [-0.25, -0.2) is 0 Å². The van der Waals surface area contributed by atoms with E-state index in [0.717, 1.165) is 37.8 Å². The standard InChI is InChI=1S/C14H19NO3/c1-9(16)14(18)8-11-5-2-4-10-6-3-7-15(12(10)11)13(14)17/h11,18H,2-8H2,1H3/t11-,14-/m1/s1. The van der Waals surface area contributed by atoms with Gasteiger partial charge in [-0.1, -0.05) is 5.57 Å². The number of ketones is 1. The number of hydrogen-bond acceptors (Lipinski definition) is 3. The minimum Gasteiger partial charge on any atom is -0.373 e. The van der Waals surface area contributed by atoms with Gasteiger partial charge in [-0.05, 0) is 39.0 Å². The summed E-state index contributed by atoms with van der Waals surface area (Å²) in [5.41, 5.74) is 0.758. The SMILES string of the molecule is CC(=O)[C@]1(O)C[C@H]2CCCC3=C2N(CCC3)C1=O. The van der Waals surface area contributed by atoms with Crippen molar-refractivity contribution in [2.24, 2.45) is 5.92 Å². The molecule has 98 valence electrons. The van der Waals surface area contributed by atoms with Gasteiger partial charge in [0.05, 0.1) is 0 Å². The minimum absolute atomic E-state index is 0.195. The average molecular weight is 249 g/mol. The maximum Gasteiger partial charge on any atom is 0.266 e. The van der Waals surface area contributed by atoms with Crippen LogP contribution in [0.25, 0.3) is 0 Å². The lowest BCUT2D eigenvalue weighted by molar-refractivity contribution is -0.164. The van der Waals surface area contributed by atoms with Crippen LogP contribution in [0.3, 0.4) is 0 Å². The van der Waals surface area contributed by atoms with Gasteiger partial charge < -0.3 is 10.0 Å². The fraction of sp³-hybridized carbons (Fsp3) is 0.714. The second-order valence-corrected chi connectivity index (χ2v) is 5.76. The summed E-state index contributed by atoms with van der Waals surface area (Å²) in [7, 11) is 0. The zero-order valence-electron chi connectivity index (χ0n) is 10.7. The molecule has 1 aliphatic carbocycles. The summed E-state index contributed by atoms with van der Waals surface area (Å²) in [6.07, 6.45) is 5.49. The van der Waals surface area contributed by atoms with E-state index in [1.54, 1.807) is 4.90 Å². The highest BCUT2D eigenvalue weighted by Crippen LogP contribution is 2.45. The van der Waals surface area contributed by atoms with Crippen LogP contribution in [-0.2, 0) is 9.59 Å². The van der Waals surface area contributed by atoms with Gasteiger partial charge in [-0.3, -0.25) is 9.59 Å². The van der Waals surface area contributed by atoms with Crippen LogP contribution in [0.2, 0.25) is 0 Å². The highest BCUT2D eigenvalue weighted by molar-refractivity contribution is 6.09. The maximum absolute atomic E-state index is 12.4. The molecule has 0 aromatic rings. The van der Waals surface area contributed by atoms with Crippen molar-refractivity contribution in [1.82, 2.24) is 4.90 Å². The van der Waals surface area contributed by atoms with Gasteiger partial charge in [0, 0.05) is 24.6 Å². The van der Waals surface area contributed by atoms with Crippen LogP contribution in [0.1, 0.15) is 45.4 Å². The molecular formula is C14H19NO3. The summed E-state index contributed by atoms with van der Waals surface area (Å²) in [6, 6.07) is 0. The first-order valence-corrected chi connectivity index (χ1v) is 6.81. The van der Waals surface area contributed by atoms with Crippen molar-refractivity contribution in [3.8, 4) is 0 Å². The number of amides is 1. The fourth-order valence-corrected chi connectivity index (χ4v) is 3.72. The first kappa shape index (κ1) is 11.9. The molecule has 0 aromatic carbocycles. The van der Waals surface area contributed by atoms with Gasteiger partial charge in [0.25, 0.3) is 5.91 Å². The average Bonchev–Trinajstić information content (AvgIpc) is 2.36. The lowest BCUT2D eigenvalue weighted by atomic mass is 9.72. The highest BCUT2D eigenvalue weighted by Gasteiger charge is 2.53. The largest absolute Gasteiger partial charge is 0.373 e. The molecule has 4 heteroatoms. The zero-order chi connectivity index (χ0) is 12.9. The Kier molecular flexibility index (Phi) is 2.59. The van der Waals surface area contributed by atoms with Crippen LogP contribution in [0.5, 0.6) is 0 Å². The predicted molar refractivity (Wildman–Crippen MR) is 65.6 cm³/mol. The molecule has 4 nitrogen and oxygen atoms in total. The van der Waals surface area contributed by atoms with Gasteiger partial charge >= 0.3 is 0 Å². The third-order valence-electron chi connectivity index (χ3n) is 4.65. The van der Waals surface area contributed by atoms with E-state index < -0.39 is 11.4 Å². The Hall–Kier alpha value is -1.16. The van der Waals surface area contributed by atoms with Crippen molar-refractivity contribution in [2.75, 3.05) is 6.54 Å². The van der Waals surface area contributed by atoms with Crippen molar-refractivity contribution in [3.63, 3.8) is 0 Å². The predicted octanol–water partition coefficient (Wildman–Crippen LogP) is 1.39. The molecule has 18 heavy (non-hydrogen) atoms. The lowest BCUT2D eigenvalue weighted by Gasteiger charge is -2.48. The number of hydrogen-bond donors (Lipinski definition) is 1. The topological polar surface area (TPSA) is 57.6 Å². The first-order chi connectivity index (χ1) is 8.54. The molecule has 1 N–H and O–H groups in total. The molecular weight excluding hydrogens is 230 g/mol. The van der Waals surface area contributed by atoms with Gasteiger partial charge in [0.2, 0.25) is 5.60 Å². The molecule has 0 bridgehead atoms. The molecule has 0 unspecified atom stereocenters. The maximum atomic E-state index is 12.4. The number of piperidine rings is 1. The van der Waals surface area contributed by atoms with Crippen LogP contribution in [0, 0.1) is 5.92 Å². The number of carbonyl (C=O) groups is 2. The van der Waals surface area contributed by atoms with Crippen molar-refractivity contribution in [3.05, 3.63) is 11.3 Å². The number of Topliss-reactive ketones (excluding diaryl/α,β-unsaturated/α-hetero) is 1. The molecule has 3 aliphatic rings. The molecule has 0 aromatic heterocycles. The van der Waals surface area contributed by atoms with Crippen LogP contribution in [0.15, 0.2) is 11.3 Å². The molecule has 0 radical (unpaired) electrons. The smallest absolute Gasteiger partial charge is 0.266 e. The summed E-state index contributed by atoms with van der Waals surface area (Å²) < 4.78 is 0. The van der Waals surface area contributed by atoms with Crippen LogP contribution < -0.4 is 0 Å². The first-order valence-electron chi connectivity index (χ1n) is 6.81. The van der Waals surface area contributed by atoms with E-state index in [9.17, 15) is 14.7 Å². The number of rotatable bonds is 1. The Morgan fingerprint density at radius 3 is 2.83 bits per heavy atom. The summed E-state index contributed by atoms with van der Waals surface area (Å²) in [4.78, 5) is 25.7. The Morgan fingerprint density at radius 1 is 1.39 bits per heavy atom. The summed E-state index contributed by atoms with van der Waals surface area (Å²) in [5.74, 6) is -0.606. The summed E-state index contributed by atoms with van der Waals surface area (Å²) in [6.45, 7) is 1.98. The molecule has 0 saturated carbocycles. The summed E-state index contributed by atoms with van der Waals surface area (Å²) in [5, 5.41) is 10.4. The Balaban J connectivity index is 2.06. The Labute approximate surface area is 107 Å². The number of aliphatic hydroxyl groups is 1. The van der Waals surface area contributed by atoms with Crippen molar-refractivity contribution in [1.29, 1.82) is 0 Å². The number of nitrogens with zero attached hydrogens (tertiary/aromatic N) is 1. The molecule has 1 amide bonds. The third kappa shape index (κ3) is 1.48. The Bertz CT molecular complexity index is 450. The molecule has 2 heterocycles. The van der Waals surface area contributed by atoms with Gasteiger partial charge in [-0.15, -0.1) is 0 Å². The monoisotopic (exact) mass is 249 g/mol. The van der Waals surface area contributed by atoms with E-state index in [2.05, 4.69) is 0 Å². The van der Waals surface area contributed by atoms with Crippen LogP contribution in [0.4, 0.5) is 0 Å². The van der Waals surface area contributed by atoms with E-state index >= 15 is 0 Å². The van der Waals surface area contributed by atoms with E-state index in [1.165, 1.54) is 12.5 Å². The summed E-state index contributed by atoms with van der Waals surface area (Å²) >= 11 is 0. The highest BCUT2D eigenvalue weighted by atomic mass is 16.3. The van der Waals surface area contributed by atoms with Gasteiger partial charge in [0.15, 0.2) is 5.78 Å². The molecule has 2 aliphatic heterocycles. The van der Waals surface area contributed by atoms with Crippen molar-refractivity contribution < 1.29 is 14.7 Å². The van der Waals surface area contributed by atoms with Crippen LogP contribution >= 0.6 is 0 Å². The van der Waals surface area contributed by atoms with Crippen molar-refractivity contribution in [2.45, 2.75) is 51.0 Å². The van der Waals surface area contributed by atoms with E-state index in [4.69, 9.17) is 0 Å². The lowest BCUT2D eigenvalue weighted by Crippen LogP contribution is -2.60. The van der Waals surface area contributed by atoms with Gasteiger partial charge in [-0.2, -0.15) is 0 Å². The number of allylic oxidation sites excluding steroid dienone is 2. The molecule has 3 rings (SSSR count). The second kappa shape index (κ2) is 3.92. The zero-order valence-corrected chi connectivity index (χ0v) is 10.7.